The molecule has 0 unspecified atom stereocenters. The van der Waals surface area contributed by atoms with Gasteiger partial charge in [0.05, 0.1) is 6.20 Å². The van der Waals surface area contributed by atoms with Gasteiger partial charge in [-0.05, 0) is 19.4 Å². The highest BCUT2D eigenvalue weighted by atomic mass is 16.3. The van der Waals surface area contributed by atoms with E-state index in [9.17, 15) is 0 Å². The topological polar surface area (TPSA) is 26.0 Å². The molecule has 1 aromatic heterocycles. The van der Waals surface area contributed by atoms with Crippen LogP contribution in [0, 0.1) is 0 Å². The maximum absolute atomic E-state index is 5.01. The van der Waals surface area contributed by atoms with Crippen LogP contribution in [0.25, 0.3) is 5.57 Å². The van der Waals surface area contributed by atoms with Crippen LogP contribution < -0.4 is 0 Å². The van der Waals surface area contributed by atoms with Gasteiger partial charge in [0.15, 0.2) is 6.39 Å². The molecule has 1 aromatic rings. The van der Waals surface area contributed by atoms with Gasteiger partial charge in [0.1, 0.15) is 5.76 Å². The van der Waals surface area contributed by atoms with Crippen molar-refractivity contribution in [1.82, 2.24) is 4.98 Å². The zero-order chi connectivity index (χ0) is 8.69. The van der Waals surface area contributed by atoms with Crippen molar-refractivity contribution >= 4 is 5.57 Å². The Morgan fingerprint density at radius 3 is 2.55 bits per heavy atom. The fraction of sp³-hybridized carbons (Fsp3) is 0.444. The van der Waals surface area contributed by atoms with Gasteiger partial charge in [0, 0.05) is 0 Å². The Morgan fingerprint density at radius 1 is 1.55 bits per heavy atom. The molecule has 0 aliphatic carbocycles. The van der Waals surface area contributed by atoms with E-state index >= 15 is 0 Å². The van der Waals surface area contributed by atoms with Crippen molar-refractivity contribution in [2.45, 2.75) is 27.7 Å². The predicted molar refractivity (Wildman–Crippen MR) is 47.2 cm³/mol. The lowest BCUT2D eigenvalue weighted by Crippen LogP contribution is -1.69. The monoisotopic (exact) mass is 153 g/mol. The Kier molecular flexibility index (Phi) is 5.17. The van der Waals surface area contributed by atoms with Crippen LogP contribution in [0.15, 0.2) is 23.1 Å². The van der Waals surface area contributed by atoms with E-state index in [0.717, 1.165) is 11.3 Å². The van der Waals surface area contributed by atoms with Crippen LogP contribution in [0.1, 0.15) is 33.5 Å². The molecule has 0 amide bonds. The minimum atomic E-state index is 0.845. The molecule has 0 atom stereocenters. The molecule has 11 heavy (non-hydrogen) atoms. The summed E-state index contributed by atoms with van der Waals surface area (Å²) in [6.45, 7) is 7.96. The van der Waals surface area contributed by atoms with Crippen molar-refractivity contribution in [2.75, 3.05) is 0 Å². The van der Waals surface area contributed by atoms with Gasteiger partial charge in [-0.2, -0.15) is 0 Å². The molecule has 0 fully saturated rings. The molecule has 1 rings (SSSR count). The molecule has 1 heterocycles. The van der Waals surface area contributed by atoms with Crippen molar-refractivity contribution in [3.05, 3.63) is 24.4 Å². The lowest BCUT2D eigenvalue weighted by molar-refractivity contribution is 0.544. The zero-order valence-electron chi connectivity index (χ0n) is 7.59. The number of oxazole rings is 1. The summed E-state index contributed by atoms with van der Waals surface area (Å²) in [7, 11) is 0. The van der Waals surface area contributed by atoms with Gasteiger partial charge in [-0.3, -0.25) is 0 Å². The van der Waals surface area contributed by atoms with Crippen molar-refractivity contribution in [3.63, 3.8) is 0 Å². The highest BCUT2D eigenvalue weighted by Gasteiger charge is 1.94. The Balaban J connectivity index is 0.000000461. The molecule has 0 radical (unpaired) electrons. The summed E-state index contributed by atoms with van der Waals surface area (Å²) < 4.78 is 5.01. The van der Waals surface area contributed by atoms with Crippen molar-refractivity contribution in [1.29, 1.82) is 0 Å². The number of allylic oxidation sites excluding steroid dienone is 2. The molecule has 0 aliphatic rings. The standard InChI is InChI=1S/C7H9NO.C2H6/c1-3-6(2)7-4-8-5-9-7;1-2/h3-5H,1-2H3;1-2H3/b6-3+;. The van der Waals surface area contributed by atoms with E-state index in [4.69, 9.17) is 4.42 Å². The van der Waals surface area contributed by atoms with Crippen LogP contribution in [0.5, 0.6) is 0 Å². The van der Waals surface area contributed by atoms with Gasteiger partial charge in [-0.15, -0.1) is 0 Å². The van der Waals surface area contributed by atoms with Crippen LogP contribution in [0.2, 0.25) is 0 Å². The number of hydrogen-bond acceptors (Lipinski definition) is 2. The van der Waals surface area contributed by atoms with Crippen LogP contribution in [-0.4, -0.2) is 4.98 Å². The normalized spacial score (nSPS) is 10.4. The Bertz CT molecular complexity index is 199. The highest BCUT2D eigenvalue weighted by molar-refractivity contribution is 5.57. The van der Waals surface area contributed by atoms with Gasteiger partial charge >= 0.3 is 0 Å². The van der Waals surface area contributed by atoms with Crippen LogP contribution in [-0.2, 0) is 0 Å². The first-order chi connectivity index (χ1) is 5.34. The maximum Gasteiger partial charge on any atom is 0.181 e. The van der Waals surface area contributed by atoms with E-state index in [1.807, 2.05) is 33.8 Å². The summed E-state index contributed by atoms with van der Waals surface area (Å²) in [5.74, 6) is 0.845. The quantitative estimate of drug-likeness (QED) is 0.619. The molecule has 0 N–H and O–H groups in total. The van der Waals surface area contributed by atoms with Crippen LogP contribution in [0.4, 0.5) is 0 Å². The molecule has 0 aliphatic heterocycles. The first kappa shape index (κ1) is 9.95. The second-order valence-electron chi connectivity index (χ2n) is 1.84. The SMILES string of the molecule is C/C=C(\C)c1cnco1.CC. The average Bonchev–Trinajstić information content (AvgIpc) is 2.59. The number of nitrogens with zero attached hydrogens (tertiary/aromatic N) is 1. The molecule has 0 spiro atoms. The third-order valence-corrected chi connectivity index (χ3v) is 1.25. The smallest absolute Gasteiger partial charge is 0.181 e. The lowest BCUT2D eigenvalue weighted by Gasteiger charge is -1.88. The van der Waals surface area contributed by atoms with Crippen molar-refractivity contribution in [2.24, 2.45) is 0 Å². The van der Waals surface area contributed by atoms with E-state index in [1.165, 1.54) is 6.39 Å². The molecule has 0 saturated carbocycles. The van der Waals surface area contributed by atoms with Crippen molar-refractivity contribution < 1.29 is 4.42 Å². The summed E-state index contributed by atoms with van der Waals surface area (Å²) in [5.41, 5.74) is 1.12. The molecule has 2 heteroatoms. The first-order valence-electron chi connectivity index (χ1n) is 3.86. The van der Waals surface area contributed by atoms with Crippen LogP contribution >= 0.6 is 0 Å². The van der Waals surface area contributed by atoms with E-state index < -0.39 is 0 Å². The number of aromatic nitrogens is 1. The third-order valence-electron chi connectivity index (χ3n) is 1.25. The van der Waals surface area contributed by atoms with E-state index in [2.05, 4.69) is 4.98 Å². The van der Waals surface area contributed by atoms with Gasteiger partial charge in [0.2, 0.25) is 0 Å². The summed E-state index contributed by atoms with van der Waals surface area (Å²) in [5, 5.41) is 0. The second kappa shape index (κ2) is 5.71. The second-order valence-corrected chi connectivity index (χ2v) is 1.84. The first-order valence-corrected chi connectivity index (χ1v) is 3.86. The summed E-state index contributed by atoms with van der Waals surface area (Å²) in [4.78, 5) is 3.78. The number of hydrogen-bond donors (Lipinski definition) is 0. The maximum atomic E-state index is 5.01. The molecular weight excluding hydrogens is 138 g/mol. The van der Waals surface area contributed by atoms with E-state index in [-0.39, 0.29) is 0 Å². The molecular formula is C9H15NO. The predicted octanol–water partition coefficient (Wildman–Crippen LogP) is 3.12. The Morgan fingerprint density at radius 2 is 2.18 bits per heavy atom. The van der Waals surface area contributed by atoms with Gasteiger partial charge in [-0.25, -0.2) is 4.98 Å². The fourth-order valence-electron chi connectivity index (χ4n) is 0.553. The molecule has 0 saturated heterocycles. The Labute approximate surface area is 68.0 Å². The number of rotatable bonds is 1. The van der Waals surface area contributed by atoms with E-state index in [1.54, 1.807) is 6.20 Å². The summed E-state index contributed by atoms with van der Waals surface area (Å²) in [6.07, 6.45) is 5.12. The fourth-order valence-corrected chi connectivity index (χ4v) is 0.553. The average molecular weight is 153 g/mol. The zero-order valence-corrected chi connectivity index (χ0v) is 7.59. The van der Waals surface area contributed by atoms with Gasteiger partial charge < -0.3 is 4.42 Å². The van der Waals surface area contributed by atoms with E-state index in [0.29, 0.717) is 0 Å². The molecule has 2 nitrogen and oxygen atoms in total. The highest BCUT2D eigenvalue weighted by Crippen LogP contribution is 2.10. The molecule has 0 bridgehead atoms. The van der Waals surface area contributed by atoms with Gasteiger partial charge in [0.25, 0.3) is 0 Å². The molecule has 0 aromatic carbocycles. The minimum Gasteiger partial charge on any atom is -0.444 e. The summed E-state index contributed by atoms with van der Waals surface area (Å²) >= 11 is 0. The van der Waals surface area contributed by atoms with Gasteiger partial charge in [-0.1, -0.05) is 19.9 Å². The third kappa shape index (κ3) is 3.03. The summed E-state index contributed by atoms with van der Waals surface area (Å²) in [6, 6.07) is 0. The Hall–Kier alpha value is -1.05. The lowest BCUT2D eigenvalue weighted by atomic mass is 10.2. The minimum absolute atomic E-state index is 0.845. The largest absolute Gasteiger partial charge is 0.444 e. The van der Waals surface area contributed by atoms with Crippen molar-refractivity contribution in [3.8, 4) is 0 Å². The van der Waals surface area contributed by atoms with Crippen LogP contribution in [0.3, 0.4) is 0 Å². The molecule has 62 valence electrons.